The van der Waals surface area contributed by atoms with Gasteiger partial charge in [0.25, 0.3) is 0 Å². The molecule has 3 rings (SSSR count). The fraction of sp³-hybridized carbons (Fsp3) is 0.500. The Morgan fingerprint density at radius 2 is 1.67 bits per heavy atom. The van der Waals surface area contributed by atoms with E-state index in [-0.39, 0.29) is 10.8 Å². The topological polar surface area (TPSA) is 26.0 Å². The van der Waals surface area contributed by atoms with Crippen LogP contribution in [0, 0.1) is 0 Å². The Kier molecular flexibility index (Phi) is 4.19. The van der Waals surface area contributed by atoms with Crippen LogP contribution in [0.2, 0.25) is 0 Å². The molecule has 2 heteroatoms. The molecule has 0 atom stereocenters. The van der Waals surface area contributed by atoms with Crippen LogP contribution in [0.5, 0.6) is 0 Å². The zero-order chi connectivity index (χ0) is 17.5. The van der Waals surface area contributed by atoms with Crippen molar-refractivity contribution >= 4 is 5.57 Å². The second kappa shape index (κ2) is 5.91. The fourth-order valence-corrected chi connectivity index (χ4v) is 3.85. The molecule has 128 valence electrons. The van der Waals surface area contributed by atoms with Gasteiger partial charge >= 0.3 is 0 Å². The molecule has 0 radical (unpaired) electrons. The summed E-state index contributed by atoms with van der Waals surface area (Å²) < 4.78 is 5.01. The molecule has 2 nitrogen and oxygen atoms in total. The Morgan fingerprint density at radius 3 is 2.25 bits per heavy atom. The molecule has 1 aliphatic carbocycles. The Labute approximate surface area is 146 Å². The highest BCUT2D eigenvalue weighted by molar-refractivity contribution is 5.71. The van der Waals surface area contributed by atoms with E-state index in [1.54, 1.807) is 6.26 Å². The van der Waals surface area contributed by atoms with Gasteiger partial charge in [-0.05, 0) is 59.8 Å². The molecule has 1 heterocycles. The van der Waals surface area contributed by atoms with Crippen LogP contribution in [0.25, 0.3) is 5.57 Å². The molecule has 1 aliphatic rings. The zero-order valence-electron chi connectivity index (χ0n) is 15.9. The number of hydrogen-bond donors (Lipinski definition) is 0. The Morgan fingerprint density at radius 1 is 1.00 bits per heavy atom. The molecule has 0 N–H and O–H groups in total. The van der Waals surface area contributed by atoms with E-state index in [1.807, 2.05) is 6.07 Å². The van der Waals surface area contributed by atoms with E-state index in [0.29, 0.717) is 0 Å². The van der Waals surface area contributed by atoms with E-state index in [4.69, 9.17) is 4.52 Å². The average Bonchev–Trinajstić information content (AvgIpc) is 3.02. The lowest BCUT2D eigenvalue weighted by Crippen LogP contribution is -2.33. The molecule has 2 aromatic rings. The third-order valence-electron chi connectivity index (χ3n) is 5.65. The lowest BCUT2D eigenvalue weighted by atomic mass is 9.63. The maximum atomic E-state index is 5.01. The van der Waals surface area contributed by atoms with Crippen LogP contribution in [0.3, 0.4) is 0 Å². The molecule has 0 fully saturated rings. The summed E-state index contributed by atoms with van der Waals surface area (Å²) >= 11 is 0. The maximum absolute atomic E-state index is 5.01. The quantitative estimate of drug-likeness (QED) is 0.686. The van der Waals surface area contributed by atoms with Crippen LogP contribution in [-0.4, -0.2) is 5.16 Å². The second-order valence-electron chi connectivity index (χ2n) is 8.67. The third-order valence-corrected chi connectivity index (χ3v) is 5.65. The van der Waals surface area contributed by atoms with Crippen molar-refractivity contribution in [2.45, 2.75) is 71.6 Å². The Bertz CT molecular complexity index is 759. The molecule has 0 amide bonds. The van der Waals surface area contributed by atoms with E-state index in [0.717, 1.165) is 12.1 Å². The van der Waals surface area contributed by atoms with Crippen LogP contribution in [-0.2, 0) is 17.3 Å². The van der Waals surface area contributed by atoms with E-state index >= 15 is 0 Å². The Balaban J connectivity index is 2.08. The van der Waals surface area contributed by atoms with Gasteiger partial charge in [0.05, 0.1) is 5.69 Å². The van der Waals surface area contributed by atoms with Crippen LogP contribution < -0.4 is 0 Å². The van der Waals surface area contributed by atoms with Crippen molar-refractivity contribution in [1.29, 1.82) is 0 Å². The normalized spacial score (nSPS) is 18.1. The summed E-state index contributed by atoms with van der Waals surface area (Å²) in [5, 5.41) is 4.09. The van der Waals surface area contributed by atoms with Gasteiger partial charge in [-0.3, -0.25) is 0 Å². The van der Waals surface area contributed by atoms with Crippen molar-refractivity contribution in [1.82, 2.24) is 5.16 Å². The largest absolute Gasteiger partial charge is 0.365 e. The van der Waals surface area contributed by atoms with Gasteiger partial charge < -0.3 is 4.52 Å². The summed E-state index contributed by atoms with van der Waals surface area (Å²) in [6.45, 7) is 13.9. The number of benzene rings is 1. The smallest absolute Gasteiger partial charge is 0.124 e. The van der Waals surface area contributed by atoms with Crippen molar-refractivity contribution in [3.8, 4) is 0 Å². The molecule has 0 bridgehead atoms. The lowest BCUT2D eigenvalue weighted by Gasteiger charge is -2.42. The first-order chi connectivity index (χ1) is 11.2. The van der Waals surface area contributed by atoms with Gasteiger partial charge in [-0.15, -0.1) is 0 Å². The third kappa shape index (κ3) is 3.07. The number of fused-ring (bicyclic) bond motifs is 1. The summed E-state index contributed by atoms with van der Waals surface area (Å²) in [5.74, 6) is 0. The van der Waals surface area contributed by atoms with Crippen molar-refractivity contribution < 1.29 is 4.52 Å². The number of aromatic nitrogens is 1. The predicted molar refractivity (Wildman–Crippen MR) is 100 cm³/mol. The minimum absolute atomic E-state index is 0.238. The number of allylic oxidation sites excluding steroid dienone is 2. The molecule has 0 unspecified atom stereocenters. The molecular formula is C22H29NO. The molecule has 0 aliphatic heterocycles. The van der Waals surface area contributed by atoms with E-state index in [1.165, 1.54) is 40.7 Å². The highest BCUT2D eigenvalue weighted by Crippen LogP contribution is 2.46. The molecule has 0 saturated carbocycles. The minimum Gasteiger partial charge on any atom is -0.365 e. The second-order valence-corrected chi connectivity index (χ2v) is 8.67. The number of hydrogen-bond acceptors (Lipinski definition) is 2. The molecule has 0 spiro atoms. The van der Waals surface area contributed by atoms with Crippen LogP contribution in [0.4, 0.5) is 0 Å². The van der Waals surface area contributed by atoms with Gasteiger partial charge in [0.1, 0.15) is 6.26 Å². The molecule has 1 aromatic carbocycles. The fourth-order valence-electron chi connectivity index (χ4n) is 3.85. The number of nitrogens with zero attached hydrogens (tertiary/aromatic N) is 1. The summed E-state index contributed by atoms with van der Waals surface area (Å²) in [7, 11) is 0. The van der Waals surface area contributed by atoms with Gasteiger partial charge in [0.15, 0.2) is 0 Å². The van der Waals surface area contributed by atoms with Gasteiger partial charge in [0, 0.05) is 12.5 Å². The van der Waals surface area contributed by atoms with E-state index in [2.05, 4.69) is 64.9 Å². The summed E-state index contributed by atoms with van der Waals surface area (Å²) in [4.78, 5) is 0. The molecule has 1 aromatic heterocycles. The first-order valence-electron chi connectivity index (χ1n) is 8.92. The van der Waals surface area contributed by atoms with Crippen LogP contribution in [0.15, 0.2) is 40.6 Å². The SMILES string of the molecule is CC(C)=C(Cc1ccon1)c1ccc2c(c1)C(C)(C)CCC2(C)C. The Hall–Kier alpha value is -1.83. The van der Waals surface area contributed by atoms with Crippen molar-refractivity contribution in [2.24, 2.45) is 0 Å². The van der Waals surface area contributed by atoms with E-state index in [9.17, 15) is 0 Å². The van der Waals surface area contributed by atoms with Gasteiger partial charge in [-0.1, -0.05) is 56.6 Å². The highest BCUT2D eigenvalue weighted by atomic mass is 16.5. The van der Waals surface area contributed by atoms with E-state index < -0.39 is 0 Å². The lowest BCUT2D eigenvalue weighted by molar-refractivity contribution is 0.332. The average molecular weight is 323 g/mol. The van der Waals surface area contributed by atoms with Gasteiger partial charge in [-0.2, -0.15) is 0 Å². The van der Waals surface area contributed by atoms with Crippen molar-refractivity contribution in [3.05, 3.63) is 58.5 Å². The zero-order valence-corrected chi connectivity index (χ0v) is 15.9. The predicted octanol–water partition coefficient (Wildman–Crippen LogP) is 6.06. The van der Waals surface area contributed by atoms with Gasteiger partial charge in [-0.25, -0.2) is 0 Å². The summed E-state index contributed by atoms with van der Waals surface area (Å²) in [6.07, 6.45) is 4.96. The maximum Gasteiger partial charge on any atom is 0.124 e. The first kappa shape index (κ1) is 17.0. The number of rotatable bonds is 3. The van der Waals surface area contributed by atoms with Crippen LogP contribution in [0.1, 0.15) is 76.8 Å². The molecule has 0 saturated heterocycles. The van der Waals surface area contributed by atoms with Crippen molar-refractivity contribution in [2.75, 3.05) is 0 Å². The van der Waals surface area contributed by atoms with Crippen molar-refractivity contribution in [3.63, 3.8) is 0 Å². The minimum atomic E-state index is 0.238. The van der Waals surface area contributed by atoms with Crippen LogP contribution >= 0.6 is 0 Å². The van der Waals surface area contributed by atoms with Gasteiger partial charge in [0.2, 0.25) is 0 Å². The summed E-state index contributed by atoms with van der Waals surface area (Å²) in [6, 6.07) is 9.04. The standard InChI is InChI=1S/C22H29NO/c1-15(2)18(14-17-9-12-24-23-17)16-7-8-19-20(13-16)22(5,6)11-10-21(19,3)4/h7-9,12-13H,10-11,14H2,1-6H3. The summed E-state index contributed by atoms with van der Waals surface area (Å²) in [5.41, 5.74) is 8.53. The highest BCUT2D eigenvalue weighted by Gasteiger charge is 2.37. The first-order valence-corrected chi connectivity index (χ1v) is 8.92. The molecular weight excluding hydrogens is 294 g/mol. The monoisotopic (exact) mass is 323 g/mol. The molecule has 24 heavy (non-hydrogen) atoms.